The molecule has 4 heteroatoms. The third-order valence-corrected chi connectivity index (χ3v) is 3.34. The van der Waals surface area contributed by atoms with Crippen molar-refractivity contribution in [3.63, 3.8) is 0 Å². The van der Waals surface area contributed by atoms with E-state index in [9.17, 15) is 9.18 Å². The van der Waals surface area contributed by atoms with Crippen LogP contribution in [0.3, 0.4) is 0 Å². The van der Waals surface area contributed by atoms with E-state index in [1.807, 2.05) is 32.0 Å². The molecule has 0 aliphatic rings. The molecule has 1 N–H and O–H groups in total. The Hall–Kier alpha value is -2.36. The van der Waals surface area contributed by atoms with E-state index in [1.54, 1.807) is 6.92 Å². The van der Waals surface area contributed by atoms with Gasteiger partial charge in [-0.2, -0.15) is 0 Å². The number of anilines is 1. The molecule has 0 bridgehead atoms. The summed E-state index contributed by atoms with van der Waals surface area (Å²) in [6.07, 6.45) is -0.643. The summed E-state index contributed by atoms with van der Waals surface area (Å²) in [5.41, 5.74) is 2.66. The van der Waals surface area contributed by atoms with Gasteiger partial charge in [0.2, 0.25) is 0 Å². The minimum Gasteiger partial charge on any atom is -0.481 e. The van der Waals surface area contributed by atoms with Crippen LogP contribution in [0.4, 0.5) is 10.1 Å². The number of benzene rings is 2. The molecule has 1 amide bonds. The number of carbonyl (C=O) groups excluding carboxylic acids is 1. The van der Waals surface area contributed by atoms with Gasteiger partial charge in [-0.15, -0.1) is 0 Å². The predicted molar refractivity (Wildman–Crippen MR) is 81.0 cm³/mol. The summed E-state index contributed by atoms with van der Waals surface area (Å²) in [7, 11) is 0. The first kappa shape index (κ1) is 15.0. The van der Waals surface area contributed by atoms with Crippen LogP contribution in [0.2, 0.25) is 0 Å². The number of hydrogen-bond donors (Lipinski definition) is 1. The van der Waals surface area contributed by atoms with Gasteiger partial charge in [0.1, 0.15) is 11.6 Å². The third-order valence-electron chi connectivity index (χ3n) is 3.34. The van der Waals surface area contributed by atoms with Crippen LogP contribution in [0, 0.1) is 19.7 Å². The SMILES string of the molecule is Cc1cccc(O[C@H](C)C(=O)Nc2ccc(F)cc2)c1C. The van der Waals surface area contributed by atoms with E-state index in [0.717, 1.165) is 11.1 Å². The molecule has 110 valence electrons. The third kappa shape index (κ3) is 3.81. The normalized spacial score (nSPS) is 11.8. The summed E-state index contributed by atoms with van der Waals surface area (Å²) in [5, 5.41) is 2.69. The number of hydrogen-bond acceptors (Lipinski definition) is 2. The van der Waals surface area contributed by atoms with Gasteiger partial charge in [0.15, 0.2) is 6.10 Å². The van der Waals surface area contributed by atoms with Crippen molar-refractivity contribution in [2.24, 2.45) is 0 Å². The molecule has 3 nitrogen and oxygen atoms in total. The number of rotatable bonds is 4. The Bertz CT molecular complexity index is 638. The molecule has 2 rings (SSSR count). The lowest BCUT2D eigenvalue weighted by Crippen LogP contribution is -2.30. The summed E-state index contributed by atoms with van der Waals surface area (Å²) >= 11 is 0. The summed E-state index contributed by atoms with van der Waals surface area (Å²) in [4.78, 5) is 12.1. The lowest BCUT2D eigenvalue weighted by molar-refractivity contribution is -0.122. The zero-order chi connectivity index (χ0) is 15.4. The molecule has 1 atom stereocenters. The first-order chi connectivity index (χ1) is 9.97. The second kappa shape index (κ2) is 6.39. The van der Waals surface area contributed by atoms with Gasteiger partial charge >= 0.3 is 0 Å². The number of halogens is 1. The van der Waals surface area contributed by atoms with Crippen molar-refractivity contribution in [3.8, 4) is 5.75 Å². The monoisotopic (exact) mass is 287 g/mol. The first-order valence-electron chi connectivity index (χ1n) is 6.76. The van der Waals surface area contributed by atoms with Crippen molar-refractivity contribution in [2.75, 3.05) is 5.32 Å². The van der Waals surface area contributed by atoms with Gasteiger partial charge in [-0.3, -0.25) is 4.79 Å². The average Bonchev–Trinajstić information content (AvgIpc) is 2.46. The predicted octanol–water partition coefficient (Wildman–Crippen LogP) is 3.85. The highest BCUT2D eigenvalue weighted by molar-refractivity contribution is 5.94. The number of amides is 1. The number of aryl methyl sites for hydroxylation is 1. The van der Waals surface area contributed by atoms with Crippen LogP contribution >= 0.6 is 0 Å². The Morgan fingerprint density at radius 1 is 1.14 bits per heavy atom. The van der Waals surface area contributed by atoms with Crippen molar-refractivity contribution in [2.45, 2.75) is 26.9 Å². The van der Waals surface area contributed by atoms with Crippen molar-refractivity contribution >= 4 is 11.6 Å². The number of ether oxygens (including phenoxy) is 1. The molecule has 2 aromatic carbocycles. The highest BCUT2D eigenvalue weighted by Crippen LogP contribution is 2.22. The largest absolute Gasteiger partial charge is 0.481 e. The molecular formula is C17H18FNO2. The van der Waals surface area contributed by atoms with Gasteiger partial charge < -0.3 is 10.1 Å². The molecule has 2 aromatic rings. The quantitative estimate of drug-likeness (QED) is 0.927. The van der Waals surface area contributed by atoms with Gasteiger partial charge in [-0.1, -0.05) is 12.1 Å². The molecule has 0 fully saturated rings. The fourth-order valence-corrected chi connectivity index (χ4v) is 1.87. The zero-order valence-corrected chi connectivity index (χ0v) is 12.3. The lowest BCUT2D eigenvalue weighted by Gasteiger charge is -2.17. The fourth-order valence-electron chi connectivity index (χ4n) is 1.87. The molecule has 0 aliphatic carbocycles. The molecule has 0 saturated heterocycles. The van der Waals surface area contributed by atoms with E-state index >= 15 is 0 Å². The highest BCUT2D eigenvalue weighted by atomic mass is 19.1. The number of carbonyl (C=O) groups is 1. The van der Waals surface area contributed by atoms with Crippen molar-refractivity contribution < 1.29 is 13.9 Å². The minimum atomic E-state index is -0.643. The maximum atomic E-state index is 12.8. The van der Waals surface area contributed by atoms with Crippen molar-refractivity contribution in [3.05, 3.63) is 59.4 Å². The van der Waals surface area contributed by atoms with Gasteiger partial charge in [0.05, 0.1) is 0 Å². The maximum Gasteiger partial charge on any atom is 0.265 e. The Balaban J connectivity index is 2.02. The lowest BCUT2D eigenvalue weighted by atomic mass is 10.1. The van der Waals surface area contributed by atoms with Crippen LogP contribution in [0.15, 0.2) is 42.5 Å². The van der Waals surface area contributed by atoms with E-state index in [0.29, 0.717) is 11.4 Å². The van der Waals surface area contributed by atoms with Crippen LogP contribution in [0.1, 0.15) is 18.1 Å². The Morgan fingerprint density at radius 3 is 2.48 bits per heavy atom. The second-order valence-corrected chi connectivity index (χ2v) is 4.95. The van der Waals surface area contributed by atoms with E-state index < -0.39 is 6.10 Å². The van der Waals surface area contributed by atoms with E-state index in [2.05, 4.69) is 5.32 Å². The fraction of sp³-hybridized carbons (Fsp3) is 0.235. The van der Waals surface area contributed by atoms with Gasteiger partial charge in [0.25, 0.3) is 5.91 Å². The number of nitrogens with one attached hydrogen (secondary N) is 1. The summed E-state index contributed by atoms with van der Waals surface area (Å²) in [6.45, 7) is 5.63. The molecule has 0 aromatic heterocycles. The van der Waals surface area contributed by atoms with Crippen LogP contribution in [-0.4, -0.2) is 12.0 Å². The van der Waals surface area contributed by atoms with Gasteiger partial charge in [-0.05, 0) is 62.2 Å². The van der Waals surface area contributed by atoms with Crippen LogP contribution in [0.25, 0.3) is 0 Å². The van der Waals surface area contributed by atoms with E-state index in [1.165, 1.54) is 24.3 Å². The zero-order valence-electron chi connectivity index (χ0n) is 12.3. The standard InChI is InChI=1S/C17H18FNO2/c1-11-5-4-6-16(12(11)2)21-13(3)17(20)19-15-9-7-14(18)8-10-15/h4-10,13H,1-3H3,(H,19,20)/t13-/m1/s1. The maximum absolute atomic E-state index is 12.8. The summed E-state index contributed by atoms with van der Waals surface area (Å²) in [6, 6.07) is 11.3. The van der Waals surface area contributed by atoms with Crippen LogP contribution in [-0.2, 0) is 4.79 Å². The highest BCUT2D eigenvalue weighted by Gasteiger charge is 2.16. The van der Waals surface area contributed by atoms with E-state index in [-0.39, 0.29) is 11.7 Å². The van der Waals surface area contributed by atoms with Crippen LogP contribution < -0.4 is 10.1 Å². The molecule has 21 heavy (non-hydrogen) atoms. The van der Waals surface area contributed by atoms with Gasteiger partial charge in [-0.25, -0.2) is 4.39 Å². The van der Waals surface area contributed by atoms with E-state index in [4.69, 9.17) is 4.74 Å². The Kier molecular flexibility index (Phi) is 4.58. The molecule has 0 heterocycles. The van der Waals surface area contributed by atoms with Crippen molar-refractivity contribution in [1.82, 2.24) is 0 Å². The molecule has 0 saturated carbocycles. The molecule has 0 unspecified atom stereocenters. The molecule has 0 radical (unpaired) electrons. The molecule has 0 aliphatic heterocycles. The molecular weight excluding hydrogens is 269 g/mol. The Morgan fingerprint density at radius 2 is 1.81 bits per heavy atom. The summed E-state index contributed by atoms with van der Waals surface area (Å²) in [5.74, 6) is 0.0759. The van der Waals surface area contributed by atoms with Crippen molar-refractivity contribution in [1.29, 1.82) is 0 Å². The smallest absolute Gasteiger partial charge is 0.265 e. The molecule has 0 spiro atoms. The topological polar surface area (TPSA) is 38.3 Å². The van der Waals surface area contributed by atoms with Crippen LogP contribution in [0.5, 0.6) is 5.75 Å². The second-order valence-electron chi connectivity index (χ2n) is 4.95. The average molecular weight is 287 g/mol. The Labute approximate surface area is 123 Å². The minimum absolute atomic E-state index is 0.275. The summed E-state index contributed by atoms with van der Waals surface area (Å²) < 4.78 is 18.5. The van der Waals surface area contributed by atoms with Gasteiger partial charge in [0, 0.05) is 5.69 Å². The first-order valence-corrected chi connectivity index (χ1v) is 6.76.